The van der Waals surface area contributed by atoms with Crippen molar-refractivity contribution in [3.63, 3.8) is 0 Å². The van der Waals surface area contributed by atoms with E-state index >= 15 is 0 Å². The Labute approximate surface area is 93.2 Å². The van der Waals surface area contributed by atoms with Crippen LogP contribution in [0.1, 0.15) is 17.6 Å². The van der Waals surface area contributed by atoms with Crippen LogP contribution in [0.4, 0.5) is 5.69 Å². The Morgan fingerprint density at radius 2 is 2.40 bits per heavy atom. The molecule has 0 amide bonds. The van der Waals surface area contributed by atoms with Gasteiger partial charge in [-0.2, -0.15) is 0 Å². The number of aromatic nitrogens is 2. The third kappa shape index (κ3) is 2.76. The smallest absolute Gasteiger partial charge is 0.0926 e. The SMILES string of the molecule is CCc1nc(CNc2cccnc2)cs1. The van der Waals surface area contributed by atoms with Crippen LogP contribution in [0.15, 0.2) is 29.9 Å². The summed E-state index contributed by atoms with van der Waals surface area (Å²) >= 11 is 1.72. The van der Waals surface area contributed by atoms with Gasteiger partial charge in [0, 0.05) is 17.8 Å². The molecule has 0 bridgehead atoms. The van der Waals surface area contributed by atoms with Gasteiger partial charge >= 0.3 is 0 Å². The molecule has 2 aromatic heterocycles. The first-order valence-corrected chi connectivity index (χ1v) is 5.83. The lowest BCUT2D eigenvalue weighted by Crippen LogP contribution is -1.99. The van der Waals surface area contributed by atoms with Gasteiger partial charge in [0.2, 0.25) is 0 Å². The van der Waals surface area contributed by atoms with Gasteiger partial charge in [0.1, 0.15) is 0 Å². The fourth-order valence-corrected chi connectivity index (χ4v) is 2.00. The minimum Gasteiger partial charge on any atom is -0.378 e. The van der Waals surface area contributed by atoms with Crippen LogP contribution in [0.3, 0.4) is 0 Å². The fraction of sp³-hybridized carbons (Fsp3) is 0.273. The summed E-state index contributed by atoms with van der Waals surface area (Å²) < 4.78 is 0. The fourth-order valence-electron chi connectivity index (χ4n) is 1.25. The van der Waals surface area contributed by atoms with Crippen molar-refractivity contribution in [3.05, 3.63) is 40.6 Å². The van der Waals surface area contributed by atoms with Gasteiger partial charge in [-0.25, -0.2) is 4.98 Å². The molecule has 1 N–H and O–H groups in total. The first-order chi connectivity index (χ1) is 7.38. The van der Waals surface area contributed by atoms with E-state index in [2.05, 4.69) is 27.6 Å². The zero-order valence-electron chi connectivity index (χ0n) is 8.60. The molecule has 0 aliphatic heterocycles. The van der Waals surface area contributed by atoms with Crippen LogP contribution in [-0.4, -0.2) is 9.97 Å². The number of rotatable bonds is 4. The molecule has 0 radical (unpaired) electrons. The number of aryl methyl sites for hydroxylation is 1. The summed E-state index contributed by atoms with van der Waals surface area (Å²) in [5.74, 6) is 0. The summed E-state index contributed by atoms with van der Waals surface area (Å²) in [6, 6.07) is 3.92. The van der Waals surface area contributed by atoms with Gasteiger partial charge in [-0.15, -0.1) is 11.3 Å². The number of hydrogen-bond donors (Lipinski definition) is 1. The Morgan fingerprint density at radius 3 is 3.07 bits per heavy atom. The standard InChI is InChI=1S/C11H13N3S/c1-2-11-14-10(8-15-11)7-13-9-4-3-5-12-6-9/h3-6,8,13H,2,7H2,1H3. The molecule has 2 aromatic rings. The average Bonchev–Trinajstić information content (AvgIpc) is 2.76. The highest BCUT2D eigenvalue weighted by molar-refractivity contribution is 7.09. The molecule has 0 atom stereocenters. The van der Waals surface area contributed by atoms with Crippen molar-refractivity contribution in [2.75, 3.05) is 5.32 Å². The first kappa shape index (κ1) is 10.1. The zero-order chi connectivity index (χ0) is 10.5. The lowest BCUT2D eigenvalue weighted by atomic mass is 10.4. The number of pyridine rings is 1. The van der Waals surface area contributed by atoms with Crippen LogP contribution in [0.25, 0.3) is 0 Å². The number of anilines is 1. The molecule has 0 aliphatic rings. The van der Waals surface area contributed by atoms with E-state index in [1.807, 2.05) is 18.3 Å². The third-order valence-corrected chi connectivity index (χ3v) is 3.08. The zero-order valence-corrected chi connectivity index (χ0v) is 9.42. The summed E-state index contributed by atoms with van der Waals surface area (Å²) in [5, 5.41) is 6.57. The van der Waals surface area contributed by atoms with Crippen molar-refractivity contribution in [1.29, 1.82) is 0 Å². The second-order valence-electron chi connectivity index (χ2n) is 3.18. The quantitative estimate of drug-likeness (QED) is 0.859. The molecule has 0 spiro atoms. The van der Waals surface area contributed by atoms with Crippen molar-refractivity contribution in [3.8, 4) is 0 Å². The molecule has 2 rings (SSSR count). The maximum atomic E-state index is 4.48. The average molecular weight is 219 g/mol. The maximum absolute atomic E-state index is 4.48. The summed E-state index contributed by atoms with van der Waals surface area (Å²) in [7, 11) is 0. The van der Waals surface area contributed by atoms with E-state index < -0.39 is 0 Å². The van der Waals surface area contributed by atoms with Crippen molar-refractivity contribution in [2.24, 2.45) is 0 Å². The van der Waals surface area contributed by atoms with E-state index in [9.17, 15) is 0 Å². The van der Waals surface area contributed by atoms with E-state index in [1.165, 1.54) is 5.01 Å². The van der Waals surface area contributed by atoms with Crippen LogP contribution in [0.2, 0.25) is 0 Å². The molecule has 4 heteroatoms. The maximum Gasteiger partial charge on any atom is 0.0926 e. The van der Waals surface area contributed by atoms with E-state index in [0.717, 1.165) is 24.3 Å². The molecular formula is C11H13N3S. The molecule has 0 aliphatic carbocycles. The Bertz CT molecular complexity index is 411. The Kier molecular flexibility index (Phi) is 3.29. The molecule has 0 aromatic carbocycles. The number of nitrogens with one attached hydrogen (secondary N) is 1. The predicted molar refractivity (Wildman–Crippen MR) is 63.1 cm³/mol. The minimum absolute atomic E-state index is 0.766. The molecule has 0 saturated heterocycles. The Morgan fingerprint density at radius 1 is 1.47 bits per heavy atom. The topological polar surface area (TPSA) is 37.8 Å². The molecule has 0 unspecified atom stereocenters. The van der Waals surface area contributed by atoms with E-state index in [1.54, 1.807) is 17.5 Å². The molecular weight excluding hydrogens is 206 g/mol. The number of hydrogen-bond acceptors (Lipinski definition) is 4. The van der Waals surface area contributed by atoms with Crippen molar-refractivity contribution in [2.45, 2.75) is 19.9 Å². The van der Waals surface area contributed by atoms with Gasteiger partial charge in [-0.1, -0.05) is 6.92 Å². The van der Waals surface area contributed by atoms with Gasteiger partial charge in [0.25, 0.3) is 0 Å². The van der Waals surface area contributed by atoms with Crippen LogP contribution in [-0.2, 0) is 13.0 Å². The van der Waals surface area contributed by atoms with Gasteiger partial charge in [0.15, 0.2) is 0 Å². The van der Waals surface area contributed by atoms with Crippen molar-refractivity contribution < 1.29 is 0 Å². The highest BCUT2D eigenvalue weighted by Crippen LogP contribution is 2.12. The lowest BCUT2D eigenvalue weighted by Gasteiger charge is -2.02. The Balaban J connectivity index is 1.93. The van der Waals surface area contributed by atoms with Gasteiger partial charge in [-0.3, -0.25) is 4.98 Å². The third-order valence-electron chi connectivity index (χ3n) is 2.04. The van der Waals surface area contributed by atoms with Gasteiger partial charge in [0.05, 0.1) is 22.9 Å². The largest absolute Gasteiger partial charge is 0.378 e. The van der Waals surface area contributed by atoms with E-state index in [0.29, 0.717) is 0 Å². The molecule has 2 heterocycles. The second-order valence-corrected chi connectivity index (χ2v) is 4.12. The predicted octanol–water partition coefficient (Wildman–Crippen LogP) is 2.71. The highest BCUT2D eigenvalue weighted by Gasteiger charge is 1.99. The van der Waals surface area contributed by atoms with Crippen LogP contribution < -0.4 is 5.32 Å². The lowest BCUT2D eigenvalue weighted by molar-refractivity contribution is 1.01. The van der Waals surface area contributed by atoms with E-state index in [-0.39, 0.29) is 0 Å². The number of thiazole rings is 1. The Hall–Kier alpha value is -1.42. The summed E-state index contributed by atoms with van der Waals surface area (Å²) in [5.41, 5.74) is 2.13. The molecule has 3 nitrogen and oxygen atoms in total. The van der Waals surface area contributed by atoms with Crippen molar-refractivity contribution >= 4 is 17.0 Å². The van der Waals surface area contributed by atoms with Gasteiger partial charge < -0.3 is 5.32 Å². The molecule has 0 fully saturated rings. The molecule has 15 heavy (non-hydrogen) atoms. The van der Waals surface area contributed by atoms with Crippen LogP contribution in [0.5, 0.6) is 0 Å². The second kappa shape index (κ2) is 4.89. The van der Waals surface area contributed by atoms with Gasteiger partial charge in [-0.05, 0) is 18.6 Å². The summed E-state index contributed by atoms with van der Waals surface area (Å²) in [6.07, 6.45) is 4.59. The highest BCUT2D eigenvalue weighted by atomic mass is 32.1. The summed E-state index contributed by atoms with van der Waals surface area (Å²) in [4.78, 5) is 8.52. The first-order valence-electron chi connectivity index (χ1n) is 4.95. The van der Waals surface area contributed by atoms with Crippen LogP contribution in [0, 0.1) is 0 Å². The summed E-state index contributed by atoms with van der Waals surface area (Å²) in [6.45, 7) is 2.89. The molecule has 0 saturated carbocycles. The minimum atomic E-state index is 0.766. The normalized spacial score (nSPS) is 10.2. The van der Waals surface area contributed by atoms with Crippen LogP contribution >= 0.6 is 11.3 Å². The van der Waals surface area contributed by atoms with Crippen molar-refractivity contribution in [1.82, 2.24) is 9.97 Å². The van der Waals surface area contributed by atoms with E-state index in [4.69, 9.17) is 0 Å². The molecule has 78 valence electrons. The monoisotopic (exact) mass is 219 g/mol. The number of nitrogens with zero attached hydrogens (tertiary/aromatic N) is 2.